The largest absolute Gasteiger partial charge is 0.465 e. The summed E-state index contributed by atoms with van der Waals surface area (Å²) in [5, 5.41) is 11.1. The smallest absolute Gasteiger partial charge is 0.418 e. The first-order valence-electron chi connectivity index (χ1n) is 6.74. The van der Waals surface area contributed by atoms with Crippen molar-refractivity contribution in [3.63, 3.8) is 0 Å². The van der Waals surface area contributed by atoms with Gasteiger partial charge in [-0.05, 0) is 25.0 Å². The summed E-state index contributed by atoms with van der Waals surface area (Å²) in [5.74, 6) is -1.00. The highest BCUT2D eigenvalue weighted by atomic mass is 19.4. The molecule has 0 aromatic heterocycles. The molecule has 120 valence electrons. The molecule has 1 aliphatic heterocycles. The van der Waals surface area contributed by atoms with Crippen molar-refractivity contribution in [2.45, 2.75) is 19.0 Å². The number of amides is 2. The van der Waals surface area contributed by atoms with Gasteiger partial charge in [-0.25, -0.2) is 4.79 Å². The second-order valence-electron chi connectivity index (χ2n) is 5.08. The Morgan fingerprint density at radius 3 is 2.32 bits per heavy atom. The number of halogens is 3. The van der Waals surface area contributed by atoms with Gasteiger partial charge in [0.05, 0.1) is 11.3 Å². The summed E-state index contributed by atoms with van der Waals surface area (Å²) in [6.07, 6.45) is -5.00. The summed E-state index contributed by atoms with van der Waals surface area (Å²) in [6.45, 7) is 0.405. The third-order valence-corrected chi connectivity index (χ3v) is 3.63. The third-order valence-electron chi connectivity index (χ3n) is 3.63. The van der Waals surface area contributed by atoms with Gasteiger partial charge < -0.3 is 15.3 Å². The van der Waals surface area contributed by atoms with E-state index in [1.807, 2.05) is 0 Å². The Hall–Kier alpha value is -2.25. The van der Waals surface area contributed by atoms with Gasteiger partial charge in [-0.1, -0.05) is 12.1 Å². The van der Waals surface area contributed by atoms with Crippen LogP contribution in [0.1, 0.15) is 18.4 Å². The maximum Gasteiger partial charge on any atom is 0.418 e. The van der Waals surface area contributed by atoms with Gasteiger partial charge in [0.25, 0.3) is 0 Å². The van der Waals surface area contributed by atoms with Crippen LogP contribution in [0.4, 0.5) is 23.7 Å². The molecule has 2 N–H and O–H groups in total. The highest BCUT2D eigenvalue weighted by Gasteiger charge is 2.34. The molecular formula is C14H15F3N2O3. The number of para-hydroxylation sites is 1. The lowest BCUT2D eigenvalue weighted by Crippen LogP contribution is -2.40. The van der Waals surface area contributed by atoms with Crippen LogP contribution in [-0.2, 0) is 11.0 Å². The molecule has 22 heavy (non-hydrogen) atoms. The zero-order valence-corrected chi connectivity index (χ0v) is 11.6. The number of nitrogens with one attached hydrogen (secondary N) is 1. The molecule has 0 bridgehead atoms. The van der Waals surface area contributed by atoms with Crippen LogP contribution in [0.5, 0.6) is 0 Å². The molecule has 2 rings (SSSR count). The van der Waals surface area contributed by atoms with E-state index < -0.39 is 29.7 Å². The van der Waals surface area contributed by atoms with Crippen molar-refractivity contribution in [2.75, 3.05) is 18.4 Å². The van der Waals surface area contributed by atoms with E-state index in [1.165, 1.54) is 23.1 Å². The van der Waals surface area contributed by atoms with Gasteiger partial charge in [-0.2, -0.15) is 13.2 Å². The maximum atomic E-state index is 12.9. The van der Waals surface area contributed by atoms with Crippen LogP contribution in [0.2, 0.25) is 0 Å². The normalized spacial score (nSPS) is 16.4. The van der Waals surface area contributed by atoms with E-state index in [0.717, 1.165) is 6.07 Å². The van der Waals surface area contributed by atoms with Gasteiger partial charge in [0.15, 0.2) is 0 Å². The Morgan fingerprint density at radius 1 is 1.18 bits per heavy atom. The maximum absolute atomic E-state index is 12.9. The molecule has 0 aliphatic carbocycles. The molecule has 0 spiro atoms. The second kappa shape index (κ2) is 6.25. The summed E-state index contributed by atoms with van der Waals surface area (Å²) in [6, 6.07) is 4.78. The topological polar surface area (TPSA) is 69.6 Å². The first-order valence-corrected chi connectivity index (χ1v) is 6.74. The van der Waals surface area contributed by atoms with E-state index in [9.17, 15) is 22.8 Å². The van der Waals surface area contributed by atoms with Gasteiger partial charge in [0.2, 0.25) is 5.91 Å². The van der Waals surface area contributed by atoms with Gasteiger partial charge >= 0.3 is 12.3 Å². The van der Waals surface area contributed by atoms with Crippen LogP contribution in [-0.4, -0.2) is 35.1 Å². The third kappa shape index (κ3) is 3.69. The van der Waals surface area contributed by atoms with E-state index in [0.29, 0.717) is 12.8 Å². The van der Waals surface area contributed by atoms with E-state index in [4.69, 9.17) is 5.11 Å². The number of hydrogen-bond acceptors (Lipinski definition) is 2. The first-order chi connectivity index (χ1) is 10.3. The molecule has 1 heterocycles. The monoisotopic (exact) mass is 316 g/mol. The average molecular weight is 316 g/mol. The molecule has 8 heteroatoms. The van der Waals surface area contributed by atoms with E-state index in [1.54, 1.807) is 0 Å². The van der Waals surface area contributed by atoms with E-state index >= 15 is 0 Å². The van der Waals surface area contributed by atoms with Gasteiger partial charge in [0.1, 0.15) is 0 Å². The molecular weight excluding hydrogens is 301 g/mol. The number of benzene rings is 1. The fourth-order valence-electron chi connectivity index (χ4n) is 2.41. The van der Waals surface area contributed by atoms with E-state index in [2.05, 4.69) is 5.32 Å². The summed E-state index contributed by atoms with van der Waals surface area (Å²) in [7, 11) is 0. The Morgan fingerprint density at radius 2 is 1.77 bits per heavy atom. The molecule has 0 saturated carbocycles. The molecule has 5 nitrogen and oxygen atoms in total. The Balaban J connectivity index is 2.03. The molecule has 1 saturated heterocycles. The minimum atomic E-state index is -4.55. The summed E-state index contributed by atoms with van der Waals surface area (Å²) in [5.41, 5.74) is -1.17. The first kappa shape index (κ1) is 16.1. The molecule has 0 atom stereocenters. The minimum absolute atomic E-state index is 0.203. The summed E-state index contributed by atoms with van der Waals surface area (Å²) < 4.78 is 38.6. The number of carbonyl (C=O) groups excluding carboxylic acids is 1. The standard InChI is InChI=1S/C14H15F3N2O3/c15-14(16,17)10-3-1-2-4-11(10)18-12(20)9-5-7-19(8-6-9)13(21)22/h1-4,9H,5-8H2,(H,18,20)(H,21,22). The Bertz CT molecular complexity index is 567. The molecule has 1 aromatic carbocycles. The van der Waals surface area contributed by atoms with Crippen molar-refractivity contribution in [3.8, 4) is 0 Å². The number of carbonyl (C=O) groups is 2. The number of carboxylic acid groups (broad SMARTS) is 1. The van der Waals surface area contributed by atoms with Crippen molar-refractivity contribution in [3.05, 3.63) is 29.8 Å². The molecule has 1 aromatic rings. The van der Waals surface area contributed by atoms with Crippen LogP contribution in [0, 0.1) is 5.92 Å². The van der Waals surface area contributed by atoms with Crippen LogP contribution in [0.25, 0.3) is 0 Å². The van der Waals surface area contributed by atoms with Crippen molar-refractivity contribution >= 4 is 17.7 Å². The number of alkyl halides is 3. The van der Waals surface area contributed by atoms with Crippen LogP contribution >= 0.6 is 0 Å². The number of rotatable bonds is 2. The minimum Gasteiger partial charge on any atom is -0.465 e. The number of likely N-dealkylation sites (tertiary alicyclic amines) is 1. The predicted octanol–water partition coefficient (Wildman–Crippen LogP) is 3.03. The number of hydrogen-bond donors (Lipinski definition) is 2. The fraction of sp³-hybridized carbons (Fsp3) is 0.429. The molecule has 1 fully saturated rings. The highest BCUT2D eigenvalue weighted by Crippen LogP contribution is 2.35. The average Bonchev–Trinajstić information content (AvgIpc) is 2.46. The van der Waals surface area contributed by atoms with Gasteiger partial charge in [-0.3, -0.25) is 4.79 Å². The predicted molar refractivity (Wildman–Crippen MR) is 72.4 cm³/mol. The summed E-state index contributed by atoms with van der Waals surface area (Å²) in [4.78, 5) is 24.0. The number of piperidine rings is 1. The van der Waals surface area contributed by atoms with Crippen LogP contribution < -0.4 is 5.32 Å². The van der Waals surface area contributed by atoms with Crippen molar-refractivity contribution < 1.29 is 27.9 Å². The van der Waals surface area contributed by atoms with Crippen molar-refractivity contribution in [1.82, 2.24) is 4.90 Å². The number of nitrogens with zero attached hydrogens (tertiary/aromatic N) is 1. The molecule has 2 amide bonds. The zero-order valence-electron chi connectivity index (χ0n) is 11.6. The lowest BCUT2D eigenvalue weighted by Gasteiger charge is -2.29. The molecule has 0 unspecified atom stereocenters. The summed E-state index contributed by atoms with van der Waals surface area (Å²) >= 11 is 0. The highest BCUT2D eigenvalue weighted by molar-refractivity contribution is 5.93. The Labute approximate surface area is 124 Å². The van der Waals surface area contributed by atoms with Gasteiger partial charge in [-0.15, -0.1) is 0 Å². The fourth-order valence-corrected chi connectivity index (χ4v) is 2.41. The quantitative estimate of drug-likeness (QED) is 0.881. The van der Waals surface area contributed by atoms with Gasteiger partial charge in [0, 0.05) is 19.0 Å². The van der Waals surface area contributed by atoms with Crippen molar-refractivity contribution in [1.29, 1.82) is 0 Å². The SMILES string of the molecule is O=C(Nc1ccccc1C(F)(F)F)C1CCN(C(=O)O)CC1. The zero-order chi connectivity index (χ0) is 16.3. The van der Waals surface area contributed by atoms with Crippen molar-refractivity contribution in [2.24, 2.45) is 5.92 Å². The molecule has 1 aliphatic rings. The van der Waals surface area contributed by atoms with E-state index in [-0.39, 0.29) is 18.8 Å². The van der Waals surface area contributed by atoms with Crippen LogP contribution in [0.3, 0.4) is 0 Å². The van der Waals surface area contributed by atoms with Crippen LogP contribution in [0.15, 0.2) is 24.3 Å². The lowest BCUT2D eigenvalue weighted by molar-refractivity contribution is -0.137. The second-order valence-corrected chi connectivity index (χ2v) is 5.08. The molecule has 0 radical (unpaired) electrons. The lowest BCUT2D eigenvalue weighted by atomic mass is 9.96. The Kier molecular flexibility index (Phi) is 4.58. The number of anilines is 1.